The van der Waals surface area contributed by atoms with Gasteiger partial charge in [-0.2, -0.15) is 24.3 Å². The van der Waals surface area contributed by atoms with E-state index in [1.807, 2.05) is 0 Å². The van der Waals surface area contributed by atoms with E-state index in [0.29, 0.717) is 11.8 Å². The van der Waals surface area contributed by atoms with Crippen molar-refractivity contribution in [2.75, 3.05) is 0 Å². The Labute approximate surface area is 229 Å². The normalized spacial score (nSPS) is 15.8. The van der Waals surface area contributed by atoms with Gasteiger partial charge >= 0.3 is 26.2 Å². The van der Waals surface area contributed by atoms with E-state index in [1.54, 1.807) is 0 Å². The largest absolute Gasteiger partial charge is 4.00 e. The quantitative estimate of drug-likeness (QED) is 0.266. The molecule has 2 atom stereocenters. The van der Waals surface area contributed by atoms with E-state index in [0.717, 1.165) is 0 Å². The summed E-state index contributed by atoms with van der Waals surface area (Å²) in [5, 5.41) is 0. The molecule has 2 aliphatic rings. The predicted molar refractivity (Wildman–Crippen MR) is 130 cm³/mol. The maximum Gasteiger partial charge on any atom is 4.00 e. The molecule has 4 aromatic rings. The maximum atomic E-state index is 3.00. The van der Waals surface area contributed by atoms with Gasteiger partial charge in [0.15, 0.2) is 0 Å². The molecule has 2 unspecified atom stereocenters. The van der Waals surface area contributed by atoms with E-state index in [4.69, 9.17) is 0 Å². The second kappa shape index (κ2) is 14.2. The third-order valence-corrected chi connectivity index (χ3v) is 5.69. The summed E-state index contributed by atoms with van der Waals surface area (Å²) in [6.07, 6.45) is 8.99. The molecule has 2 aliphatic carbocycles. The predicted octanol–water partition coefficient (Wildman–Crippen LogP) is 1.94. The van der Waals surface area contributed by atoms with Crippen LogP contribution in [0.25, 0.3) is 12.2 Å². The van der Waals surface area contributed by atoms with Crippen LogP contribution < -0.4 is 24.8 Å². The first-order valence-electron chi connectivity index (χ1n) is 10.4. The Bertz CT molecular complexity index is 1050. The second-order valence-corrected chi connectivity index (χ2v) is 7.37. The van der Waals surface area contributed by atoms with Crippen LogP contribution in [-0.2, 0) is 26.2 Å². The van der Waals surface area contributed by atoms with E-state index in [-0.39, 0.29) is 51.0 Å². The number of rotatable bonds is 2. The topological polar surface area (TPSA) is 0 Å². The molecule has 0 nitrogen and oxygen atoms in total. The first kappa shape index (κ1) is 28.9. The summed E-state index contributed by atoms with van der Waals surface area (Å²) < 4.78 is 0. The molecule has 0 aromatic heterocycles. The molecule has 0 fully saturated rings. The van der Waals surface area contributed by atoms with Gasteiger partial charge in [0, 0.05) is 0 Å². The number of halogens is 2. The Kier molecular flexibility index (Phi) is 12.4. The minimum Gasteiger partial charge on any atom is -1.00 e. The zero-order chi connectivity index (χ0) is 20.8. The SMILES string of the molecule is C1=CC([c-]2cccc2)c2ccccc21.C1=CC([c-]2cccc2)c2ccccc21.C=C.[Cl-].[Cl-].[Zr+4]. The van der Waals surface area contributed by atoms with Crippen molar-refractivity contribution in [2.24, 2.45) is 0 Å². The van der Waals surface area contributed by atoms with Crippen LogP contribution in [0, 0.1) is 0 Å². The van der Waals surface area contributed by atoms with Crippen molar-refractivity contribution in [1.29, 1.82) is 0 Å². The number of hydrogen-bond donors (Lipinski definition) is 0. The molecule has 164 valence electrons. The van der Waals surface area contributed by atoms with Gasteiger partial charge in [0.25, 0.3) is 0 Å². The van der Waals surface area contributed by atoms with Gasteiger partial charge < -0.3 is 24.8 Å². The van der Waals surface area contributed by atoms with Crippen LogP contribution in [0.2, 0.25) is 0 Å². The van der Waals surface area contributed by atoms with Crippen LogP contribution in [0.1, 0.15) is 45.2 Å². The van der Waals surface area contributed by atoms with Crippen LogP contribution in [0.3, 0.4) is 0 Å². The van der Waals surface area contributed by atoms with Gasteiger partial charge in [-0.15, -0.1) is 24.3 Å². The standard InChI is InChI=1S/2C14H11.C2H4.2ClH.Zr/c2*1-2-6-11(5-1)14-10-9-12-7-3-4-8-13(12)14;1-2;;;/h2*1-10,14H;1-2H2;2*1H;/q2*-1;;;;+4/p-2. The Balaban J connectivity index is 0.000000283. The molecular weight excluding hydrogens is 522 g/mol. The molecule has 4 aromatic carbocycles. The molecule has 6 rings (SSSR count). The van der Waals surface area contributed by atoms with Gasteiger partial charge in [-0.1, -0.05) is 72.8 Å². The van der Waals surface area contributed by atoms with Crippen molar-refractivity contribution in [3.8, 4) is 0 Å². The third kappa shape index (κ3) is 6.45. The van der Waals surface area contributed by atoms with E-state index in [1.165, 1.54) is 33.4 Å². The summed E-state index contributed by atoms with van der Waals surface area (Å²) >= 11 is 0. The van der Waals surface area contributed by atoms with Crippen molar-refractivity contribution >= 4 is 12.2 Å². The van der Waals surface area contributed by atoms with Crippen molar-refractivity contribution in [1.82, 2.24) is 0 Å². The minimum atomic E-state index is 0. The molecule has 0 saturated carbocycles. The third-order valence-electron chi connectivity index (χ3n) is 5.69. The van der Waals surface area contributed by atoms with Gasteiger partial charge in [0.1, 0.15) is 0 Å². The molecule has 0 bridgehead atoms. The molecule has 3 heteroatoms. The molecule has 0 N–H and O–H groups in total. The molecular formula is C30H26Cl2Zr. The van der Waals surface area contributed by atoms with E-state index >= 15 is 0 Å². The van der Waals surface area contributed by atoms with Crippen LogP contribution in [0.5, 0.6) is 0 Å². The van der Waals surface area contributed by atoms with Crippen molar-refractivity contribution in [2.45, 2.75) is 11.8 Å². The van der Waals surface area contributed by atoms with Crippen molar-refractivity contribution in [3.05, 3.63) is 156 Å². The first-order chi connectivity index (χ1) is 14.9. The monoisotopic (exact) mass is 546 g/mol. The Morgan fingerprint density at radius 1 is 0.515 bits per heavy atom. The smallest absolute Gasteiger partial charge is 1.00 e. The molecule has 0 heterocycles. The first-order valence-corrected chi connectivity index (χ1v) is 10.4. The number of fused-ring (bicyclic) bond motifs is 2. The second-order valence-electron chi connectivity index (χ2n) is 7.37. The number of benzene rings is 2. The van der Waals surface area contributed by atoms with Gasteiger partial charge in [0.05, 0.1) is 0 Å². The summed E-state index contributed by atoms with van der Waals surface area (Å²) in [5.41, 5.74) is 8.37. The maximum absolute atomic E-state index is 3.00. The van der Waals surface area contributed by atoms with Crippen LogP contribution in [0.4, 0.5) is 0 Å². The summed E-state index contributed by atoms with van der Waals surface area (Å²) in [6.45, 7) is 6.00. The van der Waals surface area contributed by atoms with Crippen molar-refractivity contribution < 1.29 is 51.0 Å². The molecule has 0 amide bonds. The average molecular weight is 549 g/mol. The molecule has 33 heavy (non-hydrogen) atoms. The molecule has 0 spiro atoms. The van der Waals surface area contributed by atoms with Crippen LogP contribution in [-0.4, -0.2) is 0 Å². The van der Waals surface area contributed by atoms with Gasteiger partial charge in [-0.3, -0.25) is 0 Å². The minimum absolute atomic E-state index is 0. The van der Waals surface area contributed by atoms with E-state index < -0.39 is 0 Å². The fraction of sp³-hybridized carbons (Fsp3) is 0.0667. The average Bonchev–Trinajstić information content (AvgIpc) is 3.61. The van der Waals surface area contributed by atoms with Gasteiger partial charge in [-0.25, -0.2) is 24.3 Å². The Morgan fingerprint density at radius 3 is 1.21 bits per heavy atom. The summed E-state index contributed by atoms with van der Waals surface area (Å²) in [7, 11) is 0. The van der Waals surface area contributed by atoms with Gasteiger partial charge in [0.2, 0.25) is 0 Å². The summed E-state index contributed by atoms with van der Waals surface area (Å²) in [4.78, 5) is 0. The Hall–Kier alpha value is -2.18. The summed E-state index contributed by atoms with van der Waals surface area (Å²) in [6, 6.07) is 34.4. The van der Waals surface area contributed by atoms with Crippen LogP contribution in [0.15, 0.2) is 122 Å². The number of allylic oxidation sites excluding steroid dienone is 2. The van der Waals surface area contributed by atoms with Gasteiger partial charge in [-0.05, 0) is 34.1 Å². The molecule has 0 aliphatic heterocycles. The van der Waals surface area contributed by atoms with E-state index in [2.05, 4.69) is 135 Å². The van der Waals surface area contributed by atoms with E-state index in [9.17, 15) is 0 Å². The fourth-order valence-corrected chi connectivity index (χ4v) is 4.27. The fourth-order valence-electron chi connectivity index (χ4n) is 4.27. The molecule has 0 saturated heterocycles. The number of hydrogen-bond acceptors (Lipinski definition) is 0. The zero-order valence-corrected chi connectivity index (χ0v) is 22.3. The Morgan fingerprint density at radius 2 is 0.848 bits per heavy atom. The van der Waals surface area contributed by atoms with Crippen LogP contribution >= 0.6 is 0 Å². The molecule has 0 radical (unpaired) electrons. The zero-order valence-electron chi connectivity index (χ0n) is 18.4. The summed E-state index contributed by atoms with van der Waals surface area (Å²) in [5.74, 6) is 0.947. The van der Waals surface area contributed by atoms with Crippen molar-refractivity contribution in [3.63, 3.8) is 0 Å².